The van der Waals surface area contributed by atoms with Gasteiger partial charge in [-0.2, -0.15) is 0 Å². The molecule has 0 spiro atoms. The normalized spacial score (nSPS) is 13.9. The average Bonchev–Trinajstić information content (AvgIpc) is 3.90. The minimum Gasteiger partial charge on any atom is -0.360 e. The van der Waals surface area contributed by atoms with E-state index in [-0.39, 0.29) is 29.2 Å². The summed E-state index contributed by atoms with van der Waals surface area (Å²) in [5.74, 6) is 1.33. The molecule has 1 fully saturated rings. The Morgan fingerprint density at radius 1 is 0.627 bits per heavy atom. The fraction of sp³-hybridized carbons (Fsp3) is 0.244. The fourth-order valence-corrected chi connectivity index (χ4v) is 8.17. The van der Waals surface area contributed by atoms with E-state index in [0.717, 1.165) is 79.2 Å². The van der Waals surface area contributed by atoms with Crippen LogP contribution in [-0.2, 0) is 0 Å². The maximum absolute atomic E-state index is 13.7. The number of nitrogens with zero attached hydrogens (tertiary/aromatic N) is 8. The predicted molar refractivity (Wildman–Crippen MR) is 232 cm³/mol. The summed E-state index contributed by atoms with van der Waals surface area (Å²) in [6.45, 7) is 10.1. The first-order chi connectivity index (χ1) is 28.7. The first-order valence-corrected chi connectivity index (χ1v) is 19.8. The van der Waals surface area contributed by atoms with E-state index in [4.69, 9.17) is 0 Å². The summed E-state index contributed by atoms with van der Waals surface area (Å²) in [5.41, 5.74) is 8.53. The van der Waals surface area contributed by atoms with Gasteiger partial charge in [0.15, 0.2) is 22.9 Å². The first kappa shape index (κ1) is 37.4. The zero-order valence-electron chi connectivity index (χ0n) is 33.5. The zero-order chi connectivity index (χ0) is 40.8. The molecule has 4 N–H and O–H groups in total. The van der Waals surface area contributed by atoms with Gasteiger partial charge in [0.2, 0.25) is 0 Å². The van der Waals surface area contributed by atoms with E-state index in [0.29, 0.717) is 22.9 Å². The number of H-pyrrole nitrogens is 2. The summed E-state index contributed by atoms with van der Waals surface area (Å²) in [6, 6.07) is 24.1. The summed E-state index contributed by atoms with van der Waals surface area (Å²) in [7, 11) is 0. The van der Waals surface area contributed by atoms with Crippen LogP contribution in [0, 0.1) is 20.8 Å². The van der Waals surface area contributed by atoms with Crippen molar-refractivity contribution in [2.45, 2.75) is 72.0 Å². The minimum absolute atomic E-state index is 0.0251. The number of rotatable bonds is 8. The number of para-hydroxylation sites is 1. The van der Waals surface area contributed by atoms with Crippen LogP contribution in [0.25, 0.3) is 49.6 Å². The molecular weight excluding hydrogens is 741 g/mol. The van der Waals surface area contributed by atoms with Crippen molar-refractivity contribution in [1.29, 1.82) is 0 Å². The van der Waals surface area contributed by atoms with Gasteiger partial charge in [-0.15, -0.1) is 0 Å². The van der Waals surface area contributed by atoms with Crippen LogP contribution in [0.3, 0.4) is 0 Å². The molecule has 0 bridgehead atoms. The Labute approximate surface area is 338 Å². The van der Waals surface area contributed by atoms with Gasteiger partial charge < -0.3 is 25.2 Å². The lowest BCUT2D eigenvalue weighted by molar-refractivity contribution is 0.298. The molecule has 0 amide bonds. The van der Waals surface area contributed by atoms with E-state index >= 15 is 0 Å². The molecule has 14 heteroatoms. The second-order valence-electron chi connectivity index (χ2n) is 15.3. The third-order valence-corrected chi connectivity index (χ3v) is 11.4. The Bertz CT molecular complexity index is 3140. The topological polar surface area (TPSA) is 177 Å². The second kappa shape index (κ2) is 15.3. The highest BCUT2D eigenvalue weighted by molar-refractivity contribution is 5.87. The number of anilines is 2. The average molecular weight is 785 g/mol. The van der Waals surface area contributed by atoms with E-state index in [9.17, 15) is 9.59 Å². The van der Waals surface area contributed by atoms with Crippen LogP contribution in [0.4, 0.5) is 11.6 Å². The molecule has 3 aromatic carbocycles. The Morgan fingerprint density at radius 2 is 1.15 bits per heavy atom. The molecule has 6 heterocycles. The van der Waals surface area contributed by atoms with Crippen LogP contribution in [0.15, 0.2) is 108 Å². The maximum Gasteiger partial charge on any atom is 0.263 e. The standard InChI is InChI=1S/C24H22N6O.C21H22N6O/c1-14-7-4-5-10-18(14)30-19(11-17-9-6-8-15(2)20(17)24(30)31)16(3)29-23-21-22(26-12-25-21)27-13-28-23;1-12-5-3-6-14-9-16(27(15-7-4-8-15)21(28)17(12)14)13(2)26-20-18-19(23-10-22-18)24-11-25-20/h4-13,16H,1-3H3,(H2,25,26,27,28,29);3,5-6,9-11,13,15H,4,7-8H2,1-2H3,(H2,22,23,24,25,26). The summed E-state index contributed by atoms with van der Waals surface area (Å²) in [4.78, 5) is 58.8. The molecule has 1 saturated carbocycles. The lowest BCUT2D eigenvalue weighted by Crippen LogP contribution is -2.33. The van der Waals surface area contributed by atoms with Crippen molar-refractivity contribution >= 4 is 55.5 Å². The molecule has 1 aliphatic carbocycles. The summed E-state index contributed by atoms with van der Waals surface area (Å²) in [6.07, 6.45) is 9.46. The molecule has 2 unspecified atom stereocenters. The number of aromatic nitrogens is 10. The molecule has 0 radical (unpaired) electrons. The van der Waals surface area contributed by atoms with Gasteiger partial charge >= 0.3 is 0 Å². The highest BCUT2D eigenvalue weighted by atomic mass is 16.1. The molecule has 59 heavy (non-hydrogen) atoms. The lowest BCUT2D eigenvalue weighted by Gasteiger charge is -2.32. The maximum atomic E-state index is 13.7. The predicted octanol–water partition coefficient (Wildman–Crippen LogP) is 8.32. The van der Waals surface area contributed by atoms with E-state index in [1.54, 1.807) is 12.7 Å². The Kier molecular flexibility index (Phi) is 9.67. The number of hydrogen-bond acceptors (Lipinski definition) is 10. The number of aryl methyl sites for hydroxylation is 3. The molecule has 296 valence electrons. The van der Waals surface area contributed by atoms with Crippen molar-refractivity contribution < 1.29 is 0 Å². The molecule has 0 saturated heterocycles. The molecule has 2 atom stereocenters. The SMILES string of the molecule is Cc1cccc2cc(C(C)Nc3ncnc4nc[nH]c34)n(C3CCC3)c(=O)c12.Cc1ccccc1-n1c(C(C)Nc2ncnc3nc[nH]c23)cc2cccc(C)c2c1=O. The Balaban J connectivity index is 0.000000153. The van der Waals surface area contributed by atoms with Crippen LogP contribution < -0.4 is 21.8 Å². The van der Waals surface area contributed by atoms with Gasteiger partial charge in [0.05, 0.1) is 41.2 Å². The third kappa shape index (κ3) is 6.75. The molecule has 14 nitrogen and oxygen atoms in total. The Hall–Kier alpha value is -7.22. The third-order valence-electron chi connectivity index (χ3n) is 11.4. The van der Waals surface area contributed by atoms with E-state index < -0.39 is 0 Å². The van der Waals surface area contributed by atoms with Gasteiger partial charge in [0, 0.05) is 17.4 Å². The zero-order valence-corrected chi connectivity index (χ0v) is 33.5. The van der Waals surface area contributed by atoms with Crippen molar-refractivity contribution in [2.24, 2.45) is 0 Å². The van der Waals surface area contributed by atoms with Crippen molar-refractivity contribution in [2.75, 3.05) is 10.6 Å². The van der Waals surface area contributed by atoms with E-state index in [2.05, 4.69) is 69.6 Å². The van der Waals surface area contributed by atoms with Crippen molar-refractivity contribution in [3.05, 3.63) is 147 Å². The summed E-state index contributed by atoms with van der Waals surface area (Å²) < 4.78 is 3.82. The van der Waals surface area contributed by atoms with Crippen LogP contribution in [0.1, 0.15) is 79.3 Å². The number of pyridine rings is 2. The highest BCUT2D eigenvalue weighted by Gasteiger charge is 2.27. The number of fused-ring (bicyclic) bond motifs is 4. The smallest absolute Gasteiger partial charge is 0.263 e. The lowest BCUT2D eigenvalue weighted by atomic mass is 9.91. The summed E-state index contributed by atoms with van der Waals surface area (Å²) >= 11 is 0. The molecule has 0 aliphatic heterocycles. The van der Waals surface area contributed by atoms with Gasteiger partial charge in [-0.25, -0.2) is 29.9 Å². The molecule has 10 rings (SSSR count). The largest absolute Gasteiger partial charge is 0.360 e. The molecular formula is C45H44N12O2. The second-order valence-corrected chi connectivity index (χ2v) is 15.3. The Morgan fingerprint density at radius 3 is 1.71 bits per heavy atom. The first-order valence-electron chi connectivity index (χ1n) is 19.8. The van der Waals surface area contributed by atoms with Crippen LogP contribution in [0.5, 0.6) is 0 Å². The number of hydrogen-bond donors (Lipinski definition) is 4. The molecule has 1 aliphatic rings. The molecule has 6 aromatic heterocycles. The quantitative estimate of drug-likeness (QED) is 0.117. The summed E-state index contributed by atoms with van der Waals surface area (Å²) in [5, 5.41) is 10.4. The number of benzene rings is 3. The number of nitrogens with one attached hydrogen (secondary N) is 4. The highest BCUT2D eigenvalue weighted by Crippen LogP contribution is 2.35. The van der Waals surface area contributed by atoms with Gasteiger partial charge in [-0.3, -0.25) is 14.2 Å². The van der Waals surface area contributed by atoms with Gasteiger partial charge in [0.25, 0.3) is 11.1 Å². The number of aromatic amines is 2. The van der Waals surface area contributed by atoms with E-state index in [1.807, 2.05) is 97.5 Å². The van der Waals surface area contributed by atoms with Crippen LogP contribution >= 0.6 is 0 Å². The van der Waals surface area contributed by atoms with Gasteiger partial charge in [-0.1, -0.05) is 54.6 Å². The van der Waals surface area contributed by atoms with Crippen molar-refractivity contribution in [3.63, 3.8) is 0 Å². The monoisotopic (exact) mass is 784 g/mol. The molecule has 9 aromatic rings. The minimum atomic E-state index is -0.210. The fourth-order valence-electron chi connectivity index (χ4n) is 8.17. The van der Waals surface area contributed by atoms with Gasteiger partial charge in [-0.05, 0) is 99.5 Å². The number of imidazole rings is 2. The van der Waals surface area contributed by atoms with Gasteiger partial charge in [0.1, 0.15) is 23.7 Å². The van der Waals surface area contributed by atoms with Crippen LogP contribution in [0.2, 0.25) is 0 Å². The van der Waals surface area contributed by atoms with Crippen LogP contribution in [-0.4, -0.2) is 49.0 Å². The van der Waals surface area contributed by atoms with Crippen molar-refractivity contribution in [3.8, 4) is 5.69 Å². The van der Waals surface area contributed by atoms with Crippen molar-refractivity contribution in [1.82, 2.24) is 49.0 Å². The van der Waals surface area contributed by atoms with E-state index in [1.165, 1.54) is 19.1 Å².